The van der Waals surface area contributed by atoms with Crippen molar-refractivity contribution in [1.82, 2.24) is 5.16 Å². The van der Waals surface area contributed by atoms with E-state index < -0.39 is 0 Å². The molecule has 0 aliphatic carbocycles. The summed E-state index contributed by atoms with van der Waals surface area (Å²) < 4.78 is 5.62. The Morgan fingerprint density at radius 1 is 0.692 bits per heavy atom. The van der Waals surface area contributed by atoms with Gasteiger partial charge in [-0.05, 0) is 24.3 Å². The van der Waals surface area contributed by atoms with Crippen LogP contribution < -0.4 is 0 Å². The average molecular weight is 360 g/mol. The van der Waals surface area contributed by atoms with Crippen molar-refractivity contribution in [1.29, 1.82) is 0 Å². The Balaban J connectivity index is 1.81. The van der Waals surface area contributed by atoms with E-state index >= 15 is 0 Å². The summed E-state index contributed by atoms with van der Waals surface area (Å²) in [7, 11) is 0. The van der Waals surface area contributed by atoms with Gasteiger partial charge >= 0.3 is 0 Å². The summed E-state index contributed by atoms with van der Waals surface area (Å²) >= 11 is 5.92. The van der Waals surface area contributed by atoms with Crippen molar-refractivity contribution in [2.24, 2.45) is 10.2 Å². The Bertz CT molecular complexity index is 969. The molecule has 0 radical (unpaired) electrons. The Morgan fingerprint density at radius 3 is 1.96 bits per heavy atom. The Morgan fingerprint density at radius 2 is 1.31 bits per heavy atom. The third kappa shape index (κ3) is 3.41. The van der Waals surface area contributed by atoms with Gasteiger partial charge in [0.2, 0.25) is 0 Å². The van der Waals surface area contributed by atoms with Gasteiger partial charge < -0.3 is 4.52 Å². The summed E-state index contributed by atoms with van der Waals surface area (Å²) in [6, 6.07) is 26.7. The van der Waals surface area contributed by atoms with Gasteiger partial charge in [0.1, 0.15) is 5.69 Å². The molecule has 0 saturated heterocycles. The minimum absolute atomic E-state index is 0.585. The van der Waals surface area contributed by atoms with Crippen molar-refractivity contribution >= 4 is 23.0 Å². The van der Waals surface area contributed by atoms with Crippen LogP contribution >= 0.6 is 11.6 Å². The van der Waals surface area contributed by atoms with E-state index in [1.807, 2.05) is 72.8 Å². The molecule has 0 atom stereocenters. The van der Waals surface area contributed by atoms with Crippen molar-refractivity contribution in [3.8, 4) is 22.6 Å². The molecule has 4 nitrogen and oxygen atoms in total. The lowest BCUT2D eigenvalue weighted by molar-refractivity contribution is 0.435. The number of nitrogens with zero attached hydrogens (tertiary/aromatic N) is 3. The molecule has 3 aromatic carbocycles. The second-order valence-electron chi connectivity index (χ2n) is 5.62. The molecule has 4 rings (SSSR count). The number of benzene rings is 3. The van der Waals surface area contributed by atoms with Crippen LogP contribution in [0.5, 0.6) is 0 Å². The first kappa shape index (κ1) is 16.2. The van der Waals surface area contributed by atoms with E-state index in [9.17, 15) is 0 Å². The monoisotopic (exact) mass is 359 g/mol. The lowest BCUT2D eigenvalue weighted by atomic mass is 10.1. The number of rotatable bonds is 4. The molecule has 1 heterocycles. The largest absolute Gasteiger partial charge is 0.353 e. The summed E-state index contributed by atoms with van der Waals surface area (Å²) in [4.78, 5) is 0. The lowest BCUT2D eigenvalue weighted by Gasteiger charge is -1.99. The molecule has 126 valence electrons. The van der Waals surface area contributed by atoms with E-state index in [1.165, 1.54) is 0 Å². The van der Waals surface area contributed by atoms with Gasteiger partial charge in [-0.25, -0.2) is 0 Å². The zero-order valence-electron chi connectivity index (χ0n) is 13.7. The predicted octanol–water partition coefficient (Wildman–Crippen LogP) is 7.08. The normalized spacial score (nSPS) is 11.1. The number of hydrogen-bond acceptors (Lipinski definition) is 4. The molecule has 0 aliphatic heterocycles. The molecular formula is C21H14ClN3O. The molecule has 0 fully saturated rings. The van der Waals surface area contributed by atoms with Crippen LogP contribution in [0.2, 0.25) is 5.02 Å². The Kier molecular flexibility index (Phi) is 4.58. The molecular weight excluding hydrogens is 346 g/mol. The molecule has 0 bridgehead atoms. The third-order valence-electron chi connectivity index (χ3n) is 3.84. The smallest absolute Gasteiger partial charge is 0.195 e. The Hall–Kier alpha value is -3.24. The van der Waals surface area contributed by atoms with Crippen LogP contribution in [0.3, 0.4) is 0 Å². The maximum Gasteiger partial charge on any atom is 0.195 e. The van der Waals surface area contributed by atoms with Gasteiger partial charge in [0.15, 0.2) is 11.4 Å². The van der Waals surface area contributed by atoms with Crippen molar-refractivity contribution in [2.75, 3.05) is 0 Å². The molecule has 4 aromatic rings. The van der Waals surface area contributed by atoms with Crippen molar-refractivity contribution in [2.45, 2.75) is 0 Å². The fourth-order valence-electron chi connectivity index (χ4n) is 2.56. The molecule has 26 heavy (non-hydrogen) atoms. The topological polar surface area (TPSA) is 50.8 Å². The summed E-state index contributed by atoms with van der Waals surface area (Å²) in [6.45, 7) is 0. The maximum atomic E-state index is 5.92. The summed E-state index contributed by atoms with van der Waals surface area (Å²) in [5, 5.41) is 13.7. The van der Waals surface area contributed by atoms with Crippen molar-refractivity contribution in [3.63, 3.8) is 0 Å². The quantitative estimate of drug-likeness (QED) is 0.365. The maximum absolute atomic E-state index is 5.92. The van der Waals surface area contributed by atoms with Gasteiger partial charge in [0, 0.05) is 16.1 Å². The zero-order chi connectivity index (χ0) is 17.8. The molecule has 0 amide bonds. The third-order valence-corrected chi connectivity index (χ3v) is 4.09. The van der Waals surface area contributed by atoms with Gasteiger partial charge in [-0.1, -0.05) is 77.4 Å². The summed E-state index contributed by atoms with van der Waals surface area (Å²) in [5.74, 6) is 0.585. The molecule has 0 unspecified atom stereocenters. The van der Waals surface area contributed by atoms with Crippen molar-refractivity contribution < 1.29 is 4.52 Å². The van der Waals surface area contributed by atoms with Crippen LogP contribution in [-0.4, -0.2) is 5.16 Å². The van der Waals surface area contributed by atoms with E-state index in [4.69, 9.17) is 16.1 Å². The number of aromatic nitrogens is 1. The molecule has 1 aromatic heterocycles. The van der Waals surface area contributed by atoms with Crippen molar-refractivity contribution in [3.05, 3.63) is 90.0 Å². The van der Waals surface area contributed by atoms with Crippen LogP contribution in [-0.2, 0) is 0 Å². The molecule has 0 N–H and O–H groups in total. The standard InChI is InChI=1S/C21H14ClN3O/c22-17-11-13-18(14-12-17)23-24-20-19(15-7-3-1-4-8-15)25-26-21(20)16-9-5-2-6-10-16/h1-14H. The predicted molar refractivity (Wildman–Crippen MR) is 103 cm³/mol. The fourth-order valence-corrected chi connectivity index (χ4v) is 2.68. The highest BCUT2D eigenvalue weighted by atomic mass is 35.5. The summed E-state index contributed by atoms with van der Waals surface area (Å²) in [6.07, 6.45) is 0. The average Bonchev–Trinajstić information content (AvgIpc) is 3.13. The first-order chi connectivity index (χ1) is 12.8. The minimum atomic E-state index is 0.585. The van der Waals surface area contributed by atoms with Crippen LogP contribution in [0.15, 0.2) is 99.7 Å². The van der Waals surface area contributed by atoms with Gasteiger partial charge in [0.25, 0.3) is 0 Å². The first-order valence-electron chi connectivity index (χ1n) is 8.09. The van der Waals surface area contributed by atoms with Crippen LogP contribution in [0, 0.1) is 0 Å². The summed E-state index contributed by atoms with van der Waals surface area (Å²) in [5.41, 5.74) is 3.77. The number of azo groups is 1. The fraction of sp³-hybridized carbons (Fsp3) is 0. The van der Waals surface area contributed by atoms with E-state index in [0.717, 1.165) is 11.1 Å². The highest BCUT2D eigenvalue weighted by Gasteiger charge is 2.19. The van der Waals surface area contributed by atoms with Gasteiger partial charge in [-0.2, -0.15) is 5.11 Å². The second kappa shape index (κ2) is 7.33. The molecule has 5 heteroatoms. The zero-order valence-corrected chi connectivity index (χ0v) is 14.5. The van der Waals surface area contributed by atoms with Crippen LogP contribution in [0.25, 0.3) is 22.6 Å². The van der Waals surface area contributed by atoms with Gasteiger partial charge in [-0.15, -0.1) is 5.11 Å². The van der Waals surface area contributed by atoms with Crippen LogP contribution in [0.4, 0.5) is 11.4 Å². The van der Waals surface area contributed by atoms with Gasteiger partial charge in [0.05, 0.1) is 5.69 Å². The highest BCUT2D eigenvalue weighted by molar-refractivity contribution is 6.30. The second-order valence-corrected chi connectivity index (χ2v) is 6.05. The van der Waals surface area contributed by atoms with Gasteiger partial charge in [-0.3, -0.25) is 0 Å². The first-order valence-corrected chi connectivity index (χ1v) is 8.47. The molecule has 0 spiro atoms. The number of halogens is 1. The van der Waals surface area contributed by atoms with E-state index in [-0.39, 0.29) is 0 Å². The highest BCUT2D eigenvalue weighted by Crippen LogP contribution is 2.39. The molecule has 0 saturated carbocycles. The molecule has 0 aliphatic rings. The Labute approximate surface area is 155 Å². The number of hydrogen-bond donors (Lipinski definition) is 0. The van der Waals surface area contributed by atoms with E-state index in [0.29, 0.717) is 27.9 Å². The van der Waals surface area contributed by atoms with E-state index in [1.54, 1.807) is 12.1 Å². The SMILES string of the molecule is Clc1ccc(N=Nc2c(-c3ccccc3)noc2-c2ccccc2)cc1. The van der Waals surface area contributed by atoms with Crippen LogP contribution in [0.1, 0.15) is 0 Å². The minimum Gasteiger partial charge on any atom is -0.353 e. The lowest BCUT2D eigenvalue weighted by Crippen LogP contribution is -1.77. The van der Waals surface area contributed by atoms with E-state index in [2.05, 4.69) is 15.4 Å².